The van der Waals surface area contributed by atoms with Crippen molar-refractivity contribution in [3.05, 3.63) is 83.9 Å². The first-order chi connectivity index (χ1) is 20.4. The third kappa shape index (κ3) is 6.05. The highest BCUT2D eigenvalue weighted by Crippen LogP contribution is 2.29. The largest absolute Gasteiger partial charge is 0.496 e. The molecule has 4 amide bonds. The molecule has 2 atom stereocenters. The van der Waals surface area contributed by atoms with E-state index in [9.17, 15) is 19.2 Å². The van der Waals surface area contributed by atoms with Crippen molar-refractivity contribution < 1.29 is 28.7 Å². The van der Waals surface area contributed by atoms with E-state index in [1.54, 1.807) is 38.5 Å². The lowest BCUT2D eigenvalue weighted by Crippen LogP contribution is -2.40. The SMILES string of the molecule is COc1ccccc1CCN[C@H]1CC(=O)N(c2ccc(N3C(=O)C[C@@H](NCCc4ccccc4OC)C3=O)cc2)C1=O. The van der Waals surface area contributed by atoms with Gasteiger partial charge in [-0.2, -0.15) is 0 Å². The quantitative estimate of drug-likeness (QED) is 0.319. The molecule has 10 heteroatoms. The number of carbonyl (C=O) groups excluding carboxylic acids is 4. The summed E-state index contributed by atoms with van der Waals surface area (Å²) in [4.78, 5) is 54.0. The van der Waals surface area contributed by atoms with Crippen LogP contribution < -0.4 is 29.9 Å². The molecule has 0 radical (unpaired) electrons. The van der Waals surface area contributed by atoms with Gasteiger partial charge in [0.15, 0.2) is 0 Å². The number of nitrogens with zero attached hydrogens (tertiary/aromatic N) is 2. The second-order valence-electron chi connectivity index (χ2n) is 10.2. The Hall–Kier alpha value is -4.54. The Balaban J connectivity index is 1.17. The molecule has 0 unspecified atom stereocenters. The maximum absolute atomic E-state index is 13.1. The molecule has 3 aromatic rings. The van der Waals surface area contributed by atoms with E-state index in [0.29, 0.717) is 37.3 Å². The lowest BCUT2D eigenvalue weighted by molar-refractivity contribution is -0.123. The summed E-state index contributed by atoms with van der Waals surface area (Å²) in [5, 5.41) is 6.38. The molecule has 0 aromatic heterocycles. The Labute approximate surface area is 244 Å². The fraction of sp³-hybridized carbons (Fsp3) is 0.312. The first-order valence-electron chi connectivity index (χ1n) is 14.0. The van der Waals surface area contributed by atoms with Gasteiger partial charge in [0.25, 0.3) is 11.8 Å². The van der Waals surface area contributed by atoms with Crippen LogP contribution in [0, 0.1) is 0 Å². The summed E-state index contributed by atoms with van der Waals surface area (Å²) in [5.41, 5.74) is 2.81. The van der Waals surface area contributed by atoms with Gasteiger partial charge in [-0.25, -0.2) is 9.80 Å². The first-order valence-corrected chi connectivity index (χ1v) is 14.0. The van der Waals surface area contributed by atoms with Crippen LogP contribution in [0.1, 0.15) is 24.0 Å². The number of amides is 4. The maximum atomic E-state index is 13.1. The van der Waals surface area contributed by atoms with Gasteiger partial charge in [0.1, 0.15) is 11.5 Å². The number of benzene rings is 3. The molecule has 2 aliphatic heterocycles. The molecule has 0 bridgehead atoms. The van der Waals surface area contributed by atoms with Crippen LogP contribution in [0.4, 0.5) is 11.4 Å². The van der Waals surface area contributed by atoms with Crippen molar-refractivity contribution in [3.8, 4) is 11.5 Å². The second kappa shape index (κ2) is 13.0. The Morgan fingerprint density at radius 2 is 1.00 bits per heavy atom. The zero-order valence-electron chi connectivity index (χ0n) is 23.7. The van der Waals surface area contributed by atoms with E-state index in [1.807, 2.05) is 48.5 Å². The lowest BCUT2D eigenvalue weighted by atomic mass is 10.1. The Morgan fingerprint density at radius 3 is 1.38 bits per heavy atom. The summed E-state index contributed by atoms with van der Waals surface area (Å²) in [6, 6.07) is 20.4. The van der Waals surface area contributed by atoms with Gasteiger partial charge in [-0.15, -0.1) is 0 Å². The van der Waals surface area contributed by atoms with E-state index in [0.717, 1.165) is 32.4 Å². The van der Waals surface area contributed by atoms with Crippen molar-refractivity contribution in [3.63, 3.8) is 0 Å². The van der Waals surface area contributed by atoms with E-state index in [4.69, 9.17) is 9.47 Å². The summed E-state index contributed by atoms with van der Waals surface area (Å²) in [6.07, 6.45) is 1.39. The number of ether oxygens (including phenoxy) is 2. The van der Waals surface area contributed by atoms with Crippen LogP contribution in [0.15, 0.2) is 72.8 Å². The van der Waals surface area contributed by atoms with Crippen LogP contribution in [0.5, 0.6) is 11.5 Å². The van der Waals surface area contributed by atoms with Gasteiger partial charge < -0.3 is 20.1 Å². The predicted molar refractivity (Wildman–Crippen MR) is 158 cm³/mol. The molecule has 218 valence electrons. The minimum absolute atomic E-state index is 0.0534. The van der Waals surface area contributed by atoms with E-state index in [2.05, 4.69) is 10.6 Å². The highest BCUT2D eigenvalue weighted by molar-refractivity contribution is 6.24. The number of methoxy groups -OCH3 is 2. The first kappa shape index (κ1) is 29.0. The Morgan fingerprint density at radius 1 is 0.619 bits per heavy atom. The van der Waals surface area contributed by atoms with Gasteiger partial charge in [-0.05, 0) is 60.4 Å². The minimum Gasteiger partial charge on any atom is -0.496 e. The molecular formula is C32H34N4O6. The highest BCUT2D eigenvalue weighted by atomic mass is 16.5. The summed E-state index contributed by atoms with van der Waals surface area (Å²) in [7, 11) is 3.23. The number of hydrogen-bond donors (Lipinski definition) is 2. The van der Waals surface area contributed by atoms with Crippen molar-refractivity contribution in [2.45, 2.75) is 37.8 Å². The monoisotopic (exact) mass is 570 g/mol. The van der Waals surface area contributed by atoms with Crippen LogP contribution in [0.25, 0.3) is 0 Å². The normalized spacial score (nSPS) is 18.7. The number of anilines is 2. The van der Waals surface area contributed by atoms with Crippen molar-refractivity contribution in [2.24, 2.45) is 0 Å². The van der Waals surface area contributed by atoms with Gasteiger partial charge in [0.2, 0.25) is 11.8 Å². The van der Waals surface area contributed by atoms with E-state index < -0.39 is 12.1 Å². The number of hydrogen-bond acceptors (Lipinski definition) is 8. The van der Waals surface area contributed by atoms with Crippen LogP contribution >= 0.6 is 0 Å². The number of para-hydroxylation sites is 2. The van der Waals surface area contributed by atoms with Gasteiger partial charge in [-0.3, -0.25) is 19.2 Å². The van der Waals surface area contributed by atoms with Crippen LogP contribution in [-0.2, 0) is 32.0 Å². The zero-order chi connectivity index (χ0) is 29.6. The minimum atomic E-state index is -0.628. The summed E-state index contributed by atoms with van der Waals surface area (Å²) in [6.45, 7) is 1.01. The van der Waals surface area contributed by atoms with Crippen molar-refractivity contribution >= 4 is 35.0 Å². The lowest BCUT2D eigenvalue weighted by Gasteiger charge is -2.19. The molecule has 2 fully saturated rings. The summed E-state index contributed by atoms with van der Waals surface area (Å²) in [5.74, 6) is 0.269. The third-order valence-corrected chi connectivity index (χ3v) is 7.61. The average molecular weight is 571 g/mol. The fourth-order valence-electron chi connectivity index (χ4n) is 5.46. The smallest absolute Gasteiger partial charge is 0.251 e. The fourth-order valence-corrected chi connectivity index (χ4v) is 5.46. The number of nitrogens with one attached hydrogen (secondary N) is 2. The van der Waals surface area contributed by atoms with Crippen molar-refractivity contribution in [2.75, 3.05) is 37.1 Å². The molecule has 2 aliphatic rings. The number of carbonyl (C=O) groups is 4. The maximum Gasteiger partial charge on any atom is 0.251 e. The summed E-state index contributed by atoms with van der Waals surface area (Å²) < 4.78 is 10.8. The predicted octanol–water partition coefficient (Wildman–Crippen LogP) is 2.63. The van der Waals surface area contributed by atoms with Gasteiger partial charge in [0.05, 0.1) is 50.5 Å². The van der Waals surface area contributed by atoms with Crippen molar-refractivity contribution in [1.29, 1.82) is 0 Å². The van der Waals surface area contributed by atoms with Gasteiger partial charge >= 0.3 is 0 Å². The molecule has 0 saturated carbocycles. The second-order valence-corrected chi connectivity index (χ2v) is 10.2. The number of imide groups is 2. The van der Waals surface area contributed by atoms with E-state index in [-0.39, 0.29) is 36.5 Å². The molecule has 5 rings (SSSR count). The van der Waals surface area contributed by atoms with Gasteiger partial charge in [0, 0.05) is 13.1 Å². The zero-order valence-corrected chi connectivity index (χ0v) is 23.7. The molecule has 0 spiro atoms. The van der Waals surface area contributed by atoms with E-state index in [1.165, 1.54) is 0 Å². The molecule has 2 N–H and O–H groups in total. The van der Waals surface area contributed by atoms with Crippen LogP contribution in [0.3, 0.4) is 0 Å². The Kier molecular flexibility index (Phi) is 8.94. The molecule has 42 heavy (non-hydrogen) atoms. The van der Waals surface area contributed by atoms with Crippen LogP contribution in [0.2, 0.25) is 0 Å². The Bertz CT molecular complexity index is 1360. The molecule has 2 saturated heterocycles. The topological polar surface area (TPSA) is 117 Å². The van der Waals surface area contributed by atoms with E-state index >= 15 is 0 Å². The third-order valence-electron chi connectivity index (χ3n) is 7.61. The average Bonchev–Trinajstić information content (AvgIpc) is 3.45. The van der Waals surface area contributed by atoms with Crippen molar-refractivity contribution in [1.82, 2.24) is 10.6 Å². The highest BCUT2D eigenvalue weighted by Gasteiger charge is 2.41. The molecule has 10 nitrogen and oxygen atoms in total. The standard InChI is InChI=1S/C32H34N4O6/c1-41-27-9-5-3-7-21(27)15-17-33-25-19-29(37)35(31(25)39)23-11-13-24(14-12-23)36-30(38)20-26(32(36)40)34-18-16-22-8-4-6-10-28(22)42-2/h3-14,25-26,33-34H,15-20H2,1-2H3/t25-,26+. The van der Waals surface area contributed by atoms with Crippen LogP contribution in [-0.4, -0.2) is 63.0 Å². The summed E-state index contributed by atoms with van der Waals surface area (Å²) >= 11 is 0. The van der Waals surface area contributed by atoms with Gasteiger partial charge in [-0.1, -0.05) is 36.4 Å². The molecule has 3 aromatic carbocycles. The molecule has 0 aliphatic carbocycles. The number of rotatable bonds is 12. The molecule has 2 heterocycles. The molecular weight excluding hydrogens is 536 g/mol.